The molecule has 132 valence electrons. The van der Waals surface area contributed by atoms with E-state index < -0.39 is 35.1 Å². The fourth-order valence-corrected chi connectivity index (χ4v) is 3.20. The highest BCUT2D eigenvalue weighted by atomic mass is 16.4. The molecule has 2 N–H and O–H groups in total. The number of hydrogen-bond acceptors (Lipinski definition) is 4. The number of aromatic nitrogens is 2. The number of piperidine rings is 1. The topological polar surface area (TPSA) is 112 Å². The van der Waals surface area contributed by atoms with Crippen LogP contribution in [0.15, 0.2) is 33.9 Å². The summed E-state index contributed by atoms with van der Waals surface area (Å²) in [6, 6.07) is 6.58. The van der Waals surface area contributed by atoms with Gasteiger partial charge in [-0.1, -0.05) is 12.1 Å². The fraction of sp³-hybridized carbons (Fsp3) is 0.412. The van der Waals surface area contributed by atoms with E-state index in [-0.39, 0.29) is 6.54 Å². The molecule has 1 saturated heterocycles. The van der Waals surface area contributed by atoms with Crippen LogP contribution < -0.4 is 11.2 Å². The summed E-state index contributed by atoms with van der Waals surface area (Å²) in [7, 11) is 0. The van der Waals surface area contributed by atoms with Crippen LogP contribution in [0.1, 0.15) is 19.8 Å². The highest BCUT2D eigenvalue weighted by Gasteiger charge is 2.39. The molecule has 1 fully saturated rings. The van der Waals surface area contributed by atoms with E-state index in [1.54, 1.807) is 31.2 Å². The lowest BCUT2D eigenvalue weighted by molar-refractivity contribution is -0.153. The molecule has 1 unspecified atom stereocenters. The Kier molecular flexibility index (Phi) is 4.20. The summed E-state index contributed by atoms with van der Waals surface area (Å²) in [5.41, 5.74) is -1.78. The number of H-pyrrole nitrogens is 1. The maximum absolute atomic E-state index is 12.5. The van der Waals surface area contributed by atoms with E-state index in [0.29, 0.717) is 30.3 Å². The number of amides is 1. The van der Waals surface area contributed by atoms with E-state index in [4.69, 9.17) is 0 Å². The largest absolute Gasteiger partial charge is 0.481 e. The van der Waals surface area contributed by atoms with Crippen molar-refractivity contribution in [1.29, 1.82) is 0 Å². The second-order valence-electron chi connectivity index (χ2n) is 6.65. The first-order valence-corrected chi connectivity index (χ1v) is 8.05. The molecule has 0 saturated carbocycles. The maximum atomic E-state index is 12.5. The Morgan fingerprint density at radius 1 is 1.28 bits per heavy atom. The van der Waals surface area contributed by atoms with Crippen LogP contribution in [0.3, 0.4) is 0 Å². The summed E-state index contributed by atoms with van der Waals surface area (Å²) in [5, 5.41) is 9.67. The summed E-state index contributed by atoms with van der Waals surface area (Å²) in [6.07, 6.45) is 1.06. The second kappa shape index (κ2) is 6.19. The number of likely N-dealkylation sites (tertiary alicyclic amines) is 1. The number of nitrogens with zero attached hydrogens (tertiary/aromatic N) is 2. The number of carbonyl (C=O) groups is 2. The zero-order chi connectivity index (χ0) is 18.2. The van der Waals surface area contributed by atoms with Gasteiger partial charge in [-0.25, -0.2) is 4.79 Å². The number of rotatable bonds is 3. The summed E-state index contributed by atoms with van der Waals surface area (Å²) >= 11 is 0. The number of benzene rings is 1. The number of carboxylic acid groups (broad SMARTS) is 1. The number of aromatic amines is 1. The summed E-state index contributed by atoms with van der Waals surface area (Å²) in [6.45, 7) is 1.68. The number of nitrogens with one attached hydrogen (secondary N) is 1. The molecule has 1 aliphatic heterocycles. The van der Waals surface area contributed by atoms with Crippen molar-refractivity contribution in [2.75, 3.05) is 13.1 Å². The average molecular weight is 345 g/mol. The molecule has 25 heavy (non-hydrogen) atoms. The van der Waals surface area contributed by atoms with Crippen molar-refractivity contribution in [3.63, 3.8) is 0 Å². The molecule has 0 aliphatic carbocycles. The molecule has 1 amide bonds. The van der Waals surface area contributed by atoms with Crippen LogP contribution in [0, 0.1) is 5.41 Å². The van der Waals surface area contributed by atoms with E-state index in [1.165, 1.54) is 4.90 Å². The van der Waals surface area contributed by atoms with Gasteiger partial charge in [-0.3, -0.25) is 19.0 Å². The molecule has 1 aliphatic rings. The van der Waals surface area contributed by atoms with Gasteiger partial charge in [-0.15, -0.1) is 0 Å². The van der Waals surface area contributed by atoms with E-state index in [0.717, 1.165) is 4.57 Å². The van der Waals surface area contributed by atoms with Gasteiger partial charge >= 0.3 is 11.7 Å². The van der Waals surface area contributed by atoms with Gasteiger partial charge in [-0.05, 0) is 31.9 Å². The van der Waals surface area contributed by atoms with Crippen molar-refractivity contribution < 1.29 is 14.7 Å². The molecular formula is C17H19N3O5. The lowest BCUT2D eigenvalue weighted by Crippen LogP contribution is -2.50. The zero-order valence-corrected chi connectivity index (χ0v) is 13.8. The monoisotopic (exact) mass is 345 g/mol. The Balaban J connectivity index is 1.89. The quantitative estimate of drug-likeness (QED) is 0.836. The zero-order valence-electron chi connectivity index (χ0n) is 13.8. The average Bonchev–Trinajstić information content (AvgIpc) is 2.58. The summed E-state index contributed by atoms with van der Waals surface area (Å²) in [5.74, 6) is -1.39. The van der Waals surface area contributed by atoms with Crippen LogP contribution >= 0.6 is 0 Å². The number of para-hydroxylation sites is 1. The first-order chi connectivity index (χ1) is 11.8. The Bertz CT molecular complexity index is 961. The van der Waals surface area contributed by atoms with Crippen LogP contribution in [0.4, 0.5) is 0 Å². The second-order valence-corrected chi connectivity index (χ2v) is 6.65. The molecule has 1 atom stereocenters. The molecule has 0 spiro atoms. The minimum atomic E-state index is -1.01. The third-order valence-corrected chi connectivity index (χ3v) is 4.75. The van der Waals surface area contributed by atoms with Gasteiger partial charge < -0.3 is 15.0 Å². The first-order valence-electron chi connectivity index (χ1n) is 8.05. The number of carboxylic acids is 1. The van der Waals surface area contributed by atoms with Crippen LogP contribution in [0.25, 0.3) is 10.9 Å². The lowest BCUT2D eigenvalue weighted by Gasteiger charge is -2.37. The molecule has 1 aromatic heterocycles. The van der Waals surface area contributed by atoms with E-state index in [9.17, 15) is 24.3 Å². The smallest absolute Gasteiger partial charge is 0.329 e. The van der Waals surface area contributed by atoms with Gasteiger partial charge in [0.1, 0.15) is 6.54 Å². The molecule has 1 aromatic carbocycles. The number of aliphatic carboxylic acids is 1. The molecule has 2 aromatic rings. The van der Waals surface area contributed by atoms with Crippen LogP contribution in [-0.2, 0) is 16.1 Å². The van der Waals surface area contributed by atoms with Crippen molar-refractivity contribution in [3.8, 4) is 0 Å². The van der Waals surface area contributed by atoms with Crippen molar-refractivity contribution in [2.45, 2.75) is 26.3 Å². The van der Waals surface area contributed by atoms with Crippen molar-refractivity contribution in [1.82, 2.24) is 14.5 Å². The predicted molar refractivity (Wildman–Crippen MR) is 90.4 cm³/mol. The highest BCUT2D eigenvalue weighted by molar-refractivity contribution is 5.80. The molecule has 8 heteroatoms. The summed E-state index contributed by atoms with van der Waals surface area (Å²) < 4.78 is 0.859. The SMILES string of the molecule is CC1(C(=O)O)CCCN(C(=O)Cn2c(=O)[nH]c3ccccc3c2=O)C1. The Morgan fingerprint density at radius 3 is 2.72 bits per heavy atom. The minimum absolute atomic E-state index is 0.0708. The molecule has 0 radical (unpaired) electrons. The van der Waals surface area contributed by atoms with E-state index >= 15 is 0 Å². The van der Waals surface area contributed by atoms with Gasteiger partial charge in [-0.2, -0.15) is 0 Å². The predicted octanol–water partition coefficient (Wildman–Crippen LogP) is 0.403. The molecule has 3 rings (SSSR count). The van der Waals surface area contributed by atoms with E-state index in [2.05, 4.69) is 4.98 Å². The Hall–Kier alpha value is -2.90. The van der Waals surface area contributed by atoms with Crippen LogP contribution in [0.5, 0.6) is 0 Å². The molecule has 0 bridgehead atoms. The van der Waals surface area contributed by atoms with Crippen LogP contribution in [0.2, 0.25) is 0 Å². The lowest BCUT2D eigenvalue weighted by atomic mass is 9.82. The third-order valence-electron chi connectivity index (χ3n) is 4.75. The number of fused-ring (bicyclic) bond motifs is 1. The highest BCUT2D eigenvalue weighted by Crippen LogP contribution is 2.29. The van der Waals surface area contributed by atoms with Crippen LogP contribution in [-0.4, -0.2) is 44.5 Å². The van der Waals surface area contributed by atoms with Crippen molar-refractivity contribution in [3.05, 3.63) is 45.1 Å². The van der Waals surface area contributed by atoms with Gasteiger partial charge in [0.2, 0.25) is 5.91 Å². The van der Waals surface area contributed by atoms with Gasteiger partial charge in [0, 0.05) is 13.1 Å². The van der Waals surface area contributed by atoms with Gasteiger partial charge in [0.05, 0.1) is 16.3 Å². The molecule has 2 heterocycles. The standard InChI is InChI=1S/C17H19N3O5/c1-17(15(23)24)7-4-8-19(10-17)13(21)9-20-14(22)11-5-2-3-6-12(11)18-16(20)25/h2-3,5-6H,4,7-10H2,1H3,(H,18,25)(H,23,24). The van der Waals surface area contributed by atoms with Crippen molar-refractivity contribution in [2.24, 2.45) is 5.41 Å². The van der Waals surface area contributed by atoms with E-state index in [1.807, 2.05) is 0 Å². The Labute approximate surface area is 142 Å². The third kappa shape index (κ3) is 3.07. The number of hydrogen-bond donors (Lipinski definition) is 2. The van der Waals surface area contributed by atoms with Gasteiger partial charge in [0.15, 0.2) is 0 Å². The maximum Gasteiger partial charge on any atom is 0.329 e. The Morgan fingerprint density at radius 2 is 2.00 bits per heavy atom. The normalized spacial score (nSPS) is 20.6. The molecular weight excluding hydrogens is 326 g/mol. The first kappa shape index (κ1) is 16.9. The minimum Gasteiger partial charge on any atom is -0.481 e. The van der Waals surface area contributed by atoms with Crippen molar-refractivity contribution >= 4 is 22.8 Å². The molecule has 8 nitrogen and oxygen atoms in total. The van der Waals surface area contributed by atoms with Gasteiger partial charge in [0.25, 0.3) is 5.56 Å². The number of carbonyl (C=O) groups excluding carboxylic acids is 1. The fourth-order valence-electron chi connectivity index (χ4n) is 3.20. The summed E-state index contributed by atoms with van der Waals surface area (Å²) in [4.78, 5) is 52.6.